The lowest BCUT2D eigenvalue weighted by Gasteiger charge is -2.18. The lowest BCUT2D eigenvalue weighted by atomic mass is 10.1. The lowest BCUT2D eigenvalue weighted by molar-refractivity contribution is 0.104. The molecule has 0 aliphatic heterocycles. The van der Waals surface area contributed by atoms with Crippen LogP contribution in [0.3, 0.4) is 0 Å². The van der Waals surface area contributed by atoms with E-state index in [1.807, 2.05) is 60.7 Å². The molecule has 0 aromatic heterocycles. The zero-order valence-corrected chi connectivity index (χ0v) is 15.0. The minimum absolute atomic E-state index is 0.191. The number of hydrogen-bond acceptors (Lipinski definition) is 3. The maximum atomic E-state index is 10.2. The molecule has 0 fully saturated rings. The van der Waals surface area contributed by atoms with Crippen LogP contribution < -0.4 is 10.1 Å². The highest BCUT2D eigenvalue weighted by molar-refractivity contribution is 5.63. The summed E-state index contributed by atoms with van der Waals surface area (Å²) >= 11 is 0. The molecule has 0 radical (unpaired) electrons. The maximum Gasteiger partial charge on any atom is 0.119 e. The van der Waals surface area contributed by atoms with E-state index in [-0.39, 0.29) is 12.6 Å². The smallest absolute Gasteiger partial charge is 0.119 e. The fraction of sp³-hybridized carbons (Fsp3) is 0.217. The van der Waals surface area contributed by atoms with Crippen molar-refractivity contribution in [1.82, 2.24) is 5.32 Å². The third-order valence-corrected chi connectivity index (χ3v) is 4.36. The van der Waals surface area contributed by atoms with E-state index in [2.05, 4.69) is 36.5 Å². The Bertz CT molecular complexity index is 772. The van der Waals surface area contributed by atoms with Gasteiger partial charge in [0.1, 0.15) is 18.5 Å². The molecule has 3 aromatic rings. The fourth-order valence-corrected chi connectivity index (χ4v) is 2.80. The average molecular weight is 347 g/mol. The SMILES string of the molecule is C[C@@H](NC[C@@H](O)COc1ccc(-c2ccccc2)cc1)c1ccccc1. The van der Waals surface area contributed by atoms with Gasteiger partial charge in [0.15, 0.2) is 0 Å². The summed E-state index contributed by atoms with van der Waals surface area (Å²) in [5.74, 6) is 0.764. The molecule has 0 saturated carbocycles. The molecule has 3 nitrogen and oxygen atoms in total. The van der Waals surface area contributed by atoms with E-state index in [1.54, 1.807) is 0 Å². The number of aliphatic hydroxyl groups is 1. The predicted molar refractivity (Wildman–Crippen MR) is 106 cm³/mol. The Hall–Kier alpha value is -2.62. The van der Waals surface area contributed by atoms with E-state index >= 15 is 0 Å². The summed E-state index contributed by atoms with van der Waals surface area (Å²) in [6.07, 6.45) is -0.560. The van der Waals surface area contributed by atoms with E-state index in [4.69, 9.17) is 4.74 Å². The molecule has 0 saturated heterocycles. The molecule has 0 spiro atoms. The highest BCUT2D eigenvalue weighted by atomic mass is 16.5. The summed E-state index contributed by atoms with van der Waals surface area (Å²) < 4.78 is 5.71. The average Bonchev–Trinajstić information content (AvgIpc) is 2.72. The molecule has 3 rings (SSSR count). The number of ether oxygens (including phenoxy) is 1. The van der Waals surface area contributed by atoms with Gasteiger partial charge in [-0.2, -0.15) is 0 Å². The number of nitrogens with one attached hydrogen (secondary N) is 1. The van der Waals surface area contributed by atoms with Crippen LogP contribution in [0.4, 0.5) is 0 Å². The highest BCUT2D eigenvalue weighted by Crippen LogP contribution is 2.22. The fourth-order valence-electron chi connectivity index (χ4n) is 2.80. The highest BCUT2D eigenvalue weighted by Gasteiger charge is 2.09. The first-order valence-electron chi connectivity index (χ1n) is 8.97. The molecular formula is C23H25NO2. The normalized spacial score (nSPS) is 13.2. The van der Waals surface area contributed by atoms with Gasteiger partial charge in [-0.15, -0.1) is 0 Å². The van der Waals surface area contributed by atoms with Crippen molar-refractivity contribution in [2.24, 2.45) is 0 Å². The molecule has 26 heavy (non-hydrogen) atoms. The second-order valence-electron chi connectivity index (χ2n) is 6.40. The molecule has 2 N–H and O–H groups in total. The molecular weight excluding hydrogens is 322 g/mol. The second-order valence-corrected chi connectivity index (χ2v) is 6.40. The van der Waals surface area contributed by atoms with E-state index in [0.29, 0.717) is 6.54 Å². The van der Waals surface area contributed by atoms with Crippen LogP contribution in [0.1, 0.15) is 18.5 Å². The molecule has 0 heterocycles. The predicted octanol–water partition coefficient (Wildman–Crippen LogP) is 4.44. The van der Waals surface area contributed by atoms with Crippen LogP contribution in [0.25, 0.3) is 11.1 Å². The van der Waals surface area contributed by atoms with Gasteiger partial charge in [-0.05, 0) is 35.7 Å². The third kappa shape index (κ3) is 5.19. The Kier molecular flexibility index (Phi) is 6.42. The zero-order valence-electron chi connectivity index (χ0n) is 15.0. The van der Waals surface area contributed by atoms with E-state index in [1.165, 1.54) is 11.1 Å². The van der Waals surface area contributed by atoms with Crippen molar-refractivity contribution in [1.29, 1.82) is 0 Å². The summed E-state index contributed by atoms with van der Waals surface area (Å²) in [4.78, 5) is 0. The first-order valence-corrected chi connectivity index (χ1v) is 8.97. The minimum Gasteiger partial charge on any atom is -0.491 e. The first-order chi connectivity index (χ1) is 12.7. The van der Waals surface area contributed by atoms with Crippen molar-refractivity contribution in [3.8, 4) is 16.9 Å². The van der Waals surface area contributed by atoms with Crippen molar-refractivity contribution in [2.45, 2.75) is 19.1 Å². The largest absolute Gasteiger partial charge is 0.491 e. The third-order valence-electron chi connectivity index (χ3n) is 4.36. The van der Waals surface area contributed by atoms with E-state index < -0.39 is 6.10 Å². The van der Waals surface area contributed by atoms with Gasteiger partial charge in [0.2, 0.25) is 0 Å². The van der Waals surface area contributed by atoms with Gasteiger partial charge >= 0.3 is 0 Å². The molecule has 0 unspecified atom stereocenters. The van der Waals surface area contributed by atoms with Crippen molar-refractivity contribution in [3.63, 3.8) is 0 Å². The Labute approximate surface area is 155 Å². The van der Waals surface area contributed by atoms with Crippen LogP contribution >= 0.6 is 0 Å². The lowest BCUT2D eigenvalue weighted by Crippen LogP contribution is -2.33. The van der Waals surface area contributed by atoms with E-state index in [0.717, 1.165) is 11.3 Å². The summed E-state index contributed by atoms with van der Waals surface area (Å²) in [5, 5.41) is 13.5. The molecule has 0 aliphatic rings. The zero-order chi connectivity index (χ0) is 18.2. The Morgan fingerprint density at radius 3 is 2.04 bits per heavy atom. The Morgan fingerprint density at radius 1 is 0.808 bits per heavy atom. The molecule has 134 valence electrons. The number of rotatable bonds is 8. The molecule has 0 amide bonds. The van der Waals surface area contributed by atoms with Crippen LogP contribution in [-0.4, -0.2) is 24.4 Å². The van der Waals surface area contributed by atoms with Crippen molar-refractivity contribution in [3.05, 3.63) is 90.5 Å². The molecule has 0 aliphatic carbocycles. The Balaban J connectivity index is 1.45. The van der Waals surface area contributed by atoms with Gasteiger partial charge in [0.05, 0.1) is 0 Å². The van der Waals surface area contributed by atoms with Gasteiger partial charge in [-0.25, -0.2) is 0 Å². The van der Waals surface area contributed by atoms with Gasteiger partial charge in [-0.3, -0.25) is 0 Å². The van der Waals surface area contributed by atoms with Gasteiger partial charge < -0.3 is 15.2 Å². The standard InChI is InChI=1S/C23H25NO2/c1-18(19-8-4-2-5-9-19)24-16-22(25)17-26-23-14-12-21(13-15-23)20-10-6-3-7-11-20/h2-15,18,22,24-25H,16-17H2,1H3/t18-,22-/m1/s1. The van der Waals surface area contributed by atoms with Crippen molar-refractivity contribution in [2.75, 3.05) is 13.2 Å². The molecule has 3 heteroatoms. The minimum atomic E-state index is -0.560. The molecule has 3 aromatic carbocycles. The summed E-state index contributed by atoms with van der Waals surface area (Å²) in [5.41, 5.74) is 3.53. The van der Waals surface area contributed by atoms with Crippen molar-refractivity contribution < 1.29 is 9.84 Å². The number of hydrogen-bond donors (Lipinski definition) is 2. The van der Waals surface area contributed by atoms with Crippen LogP contribution in [0.5, 0.6) is 5.75 Å². The van der Waals surface area contributed by atoms with Crippen molar-refractivity contribution >= 4 is 0 Å². The number of benzene rings is 3. The monoisotopic (exact) mass is 347 g/mol. The van der Waals surface area contributed by atoms with Crippen LogP contribution in [0.15, 0.2) is 84.9 Å². The number of aliphatic hydroxyl groups excluding tert-OH is 1. The van der Waals surface area contributed by atoms with Crippen LogP contribution in [0.2, 0.25) is 0 Å². The van der Waals surface area contributed by atoms with Crippen LogP contribution in [0, 0.1) is 0 Å². The Morgan fingerprint density at radius 2 is 1.38 bits per heavy atom. The van der Waals surface area contributed by atoms with E-state index in [9.17, 15) is 5.11 Å². The maximum absolute atomic E-state index is 10.2. The van der Waals surface area contributed by atoms with Crippen LogP contribution in [-0.2, 0) is 0 Å². The summed E-state index contributed by atoms with van der Waals surface area (Å²) in [7, 11) is 0. The summed E-state index contributed by atoms with van der Waals surface area (Å²) in [6.45, 7) is 2.84. The molecule has 0 bridgehead atoms. The topological polar surface area (TPSA) is 41.5 Å². The molecule has 2 atom stereocenters. The van der Waals surface area contributed by atoms with Gasteiger partial charge in [0.25, 0.3) is 0 Å². The van der Waals surface area contributed by atoms with Gasteiger partial charge in [0, 0.05) is 12.6 Å². The first kappa shape index (κ1) is 18.2. The summed E-state index contributed by atoms with van der Waals surface area (Å²) in [6, 6.07) is 28.6. The second kappa shape index (κ2) is 9.18. The van der Waals surface area contributed by atoms with Gasteiger partial charge in [-0.1, -0.05) is 72.8 Å². The quantitative estimate of drug-likeness (QED) is 0.633.